The first-order valence-corrected chi connectivity index (χ1v) is 7.80. The molecule has 0 radical (unpaired) electrons. The Bertz CT molecular complexity index is 729. The third-order valence-corrected chi connectivity index (χ3v) is 3.89. The minimum Gasteiger partial charge on any atom is -0.455 e. The largest absolute Gasteiger partial charge is 0.455 e. The van der Waals surface area contributed by atoms with Gasteiger partial charge in [0.2, 0.25) is 0 Å². The molecule has 22 heavy (non-hydrogen) atoms. The van der Waals surface area contributed by atoms with Crippen molar-refractivity contribution in [3.8, 4) is 11.3 Å². The molecule has 2 nitrogen and oxygen atoms in total. The molecule has 0 aliphatic rings. The highest BCUT2D eigenvalue weighted by atomic mass is 35.5. The molecule has 0 saturated carbocycles. The van der Waals surface area contributed by atoms with Crippen LogP contribution >= 0.6 is 11.6 Å². The van der Waals surface area contributed by atoms with Gasteiger partial charge in [0.25, 0.3) is 0 Å². The van der Waals surface area contributed by atoms with Crippen LogP contribution in [-0.4, -0.2) is 0 Å². The van der Waals surface area contributed by atoms with Crippen LogP contribution in [0.15, 0.2) is 65.1 Å². The summed E-state index contributed by atoms with van der Waals surface area (Å²) in [6, 6.07) is 20.4. The van der Waals surface area contributed by atoms with E-state index >= 15 is 0 Å². The standard InChI is InChI=1S/C19H18ClNO/c1-14-2-4-15(5-3-14)12-21-13-18-10-11-19(22-18)16-6-8-17(20)9-7-16/h2-11,21H,12-13H2,1H3/p+1. The summed E-state index contributed by atoms with van der Waals surface area (Å²) in [5, 5.41) is 2.98. The summed E-state index contributed by atoms with van der Waals surface area (Å²) in [6.07, 6.45) is 0. The molecule has 1 aromatic heterocycles. The van der Waals surface area contributed by atoms with E-state index in [9.17, 15) is 0 Å². The number of quaternary nitrogens is 1. The summed E-state index contributed by atoms with van der Waals surface area (Å²) < 4.78 is 5.89. The SMILES string of the molecule is Cc1ccc(C[NH2+]Cc2ccc(-c3ccc(Cl)cc3)o2)cc1. The molecule has 2 aromatic carbocycles. The fourth-order valence-electron chi connectivity index (χ4n) is 2.36. The van der Waals surface area contributed by atoms with Crippen molar-refractivity contribution in [2.75, 3.05) is 0 Å². The Morgan fingerprint density at radius 3 is 2.32 bits per heavy atom. The molecule has 0 bridgehead atoms. The van der Waals surface area contributed by atoms with E-state index in [0.29, 0.717) is 0 Å². The zero-order valence-corrected chi connectivity index (χ0v) is 13.3. The van der Waals surface area contributed by atoms with Gasteiger partial charge in [-0.2, -0.15) is 0 Å². The molecule has 112 valence electrons. The van der Waals surface area contributed by atoms with Gasteiger partial charge in [-0.05, 0) is 43.3 Å². The molecule has 1 heterocycles. The smallest absolute Gasteiger partial charge is 0.158 e. The normalized spacial score (nSPS) is 10.8. The predicted octanol–water partition coefficient (Wildman–Crippen LogP) is 4.17. The lowest BCUT2D eigenvalue weighted by atomic mass is 10.1. The van der Waals surface area contributed by atoms with E-state index in [0.717, 1.165) is 35.2 Å². The molecular formula is C19H19ClNO+. The monoisotopic (exact) mass is 312 g/mol. The van der Waals surface area contributed by atoms with Gasteiger partial charge in [-0.15, -0.1) is 0 Å². The Morgan fingerprint density at radius 2 is 1.59 bits per heavy atom. The van der Waals surface area contributed by atoms with Crippen molar-refractivity contribution in [2.24, 2.45) is 0 Å². The molecule has 0 unspecified atom stereocenters. The number of hydrogen-bond donors (Lipinski definition) is 1. The van der Waals surface area contributed by atoms with Crippen LogP contribution in [0.5, 0.6) is 0 Å². The van der Waals surface area contributed by atoms with E-state index in [-0.39, 0.29) is 0 Å². The molecule has 0 spiro atoms. The lowest BCUT2D eigenvalue weighted by Gasteiger charge is -2.01. The molecule has 2 N–H and O–H groups in total. The van der Waals surface area contributed by atoms with Crippen molar-refractivity contribution in [3.05, 3.63) is 82.6 Å². The van der Waals surface area contributed by atoms with Gasteiger partial charge in [-0.1, -0.05) is 41.4 Å². The first-order chi connectivity index (χ1) is 10.7. The molecule has 0 aliphatic carbocycles. The van der Waals surface area contributed by atoms with E-state index in [1.807, 2.05) is 36.4 Å². The lowest BCUT2D eigenvalue weighted by Crippen LogP contribution is -2.80. The van der Waals surface area contributed by atoms with E-state index in [2.05, 4.69) is 36.5 Å². The molecule has 0 saturated heterocycles. The van der Waals surface area contributed by atoms with Gasteiger partial charge in [-0.3, -0.25) is 0 Å². The minimum absolute atomic E-state index is 0.738. The maximum Gasteiger partial charge on any atom is 0.158 e. The van der Waals surface area contributed by atoms with Crippen LogP contribution in [-0.2, 0) is 13.1 Å². The molecular weight excluding hydrogens is 294 g/mol. The zero-order chi connectivity index (χ0) is 15.4. The van der Waals surface area contributed by atoms with Crippen LogP contribution in [0.3, 0.4) is 0 Å². The van der Waals surface area contributed by atoms with Crippen LogP contribution in [0.4, 0.5) is 0 Å². The summed E-state index contributed by atoms with van der Waals surface area (Å²) in [5.41, 5.74) is 3.67. The second-order valence-corrected chi connectivity index (χ2v) is 5.89. The second-order valence-electron chi connectivity index (χ2n) is 5.46. The van der Waals surface area contributed by atoms with Crippen LogP contribution in [0, 0.1) is 6.92 Å². The summed E-state index contributed by atoms with van der Waals surface area (Å²) in [4.78, 5) is 0. The highest BCUT2D eigenvalue weighted by molar-refractivity contribution is 6.30. The molecule has 0 aliphatic heterocycles. The quantitative estimate of drug-likeness (QED) is 0.753. The summed E-state index contributed by atoms with van der Waals surface area (Å²) in [7, 11) is 0. The fourth-order valence-corrected chi connectivity index (χ4v) is 2.49. The maximum absolute atomic E-state index is 5.91. The van der Waals surface area contributed by atoms with Crippen molar-refractivity contribution in [1.82, 2.24) is 0 Å². The van der Waals surface area contributed by atoms with Crippen LogP contribution in [0.2, 0.25) is 5.02 Å². The average molecular weight is 313 g/mol. The zero-order valence-electron chi connectivity index (χ0n) is 12.6. The number of benzene rings is 2. The third-order valence-electron chi connectivity index (χ3n) is 3.64. The number of aryl methyl sites for hydroxylation is 1. The molecule has 3 aromatic rings. The highest BCUT2D eigenvalue weighted by Gasteiger charge is 2.06. The van der Waals surface area contributed by atoms with Crippen molar-refractivity contribution in [1.29, 1.82) is 0 Å². The van der Waals surface area contributed by atoms with Crippen molar-refractivity contribution in [2.45, 2.75) is 20.0 Å². The summed E-state index contributed by atoms with van der Waals surface area (Å²) in [6.45, 7) is 3.90. The van der Waals surface area contributed by atoms with Gasteiger partial charge >= 0.3 is 0 Å². The van der Waals surface area contributed by atoms with Gasteiger partial charge in [0, 0.05) is 16.1 Å². The van der Waals surface area contributed by atoms with Gasteiger partial charge in [-0.25, -0.2) is 0 Å². The van der Waals surface area contributed by atoms with Gasteiger partial charge in [0.05, 0.1) is 0 Å². The Labute approximate surface area is 135 Å². The van der Waals surface area contributed by atoms with Crippen molar-refractivity contribution < 1.29 is 9.73 Å². The van der Waals surface area contributed by atoms with Crippen molar-refractivity contribution in [3.63, 3.8) is 0 Å². The maximum atomic E-state index is 5.91. The molecule has 0 atom stereocenters. The van der Waals surface area contributed by atoms with Crippen LogP contribution < -0.4 is 5.32 Å². The highest BCUT2D eigenvalue weighted by Crippen LogP contribution is 2.23. The van der Waals surface area contributed by atoms with Gasteiger partial charge in [0.1, 0.15) is 18.8 Å². The lowest BCUT2D eigenvalue weighted by molar-refractivity contribution is -0.687. The van der Waals surface area contributed by atoms with Crippen molar-refractivity contribution >= 4 is 11.6 Å². The average Bonchev–Trinajstić information content (AvgIpc) is 2.99. The number of furan rings is 1. The Morgan fingerprint density at radius 1 is 0.864 bits per heavy atom. The molecule has 0 amide bonds. The van der Waals surface area contributed by atoms with Gasteiger partial charge in [0.15, 0.2) is 5.76 Å². The first kappa shape index (κ1) is 14.9. The Kier molecular flexibility index (Phi) is 4.62. The topological polar surface area (TPSA) is 29.8 Å². The first-order valence-electron chi connectivity index (χ1n) is 7.42. The molecule has 0 fully saturated rings. The summed E-state index contributed by atoms with van der Waals surface area (Å²) in [5.74, 6) is 1.87. The Balaban J connectivity index is 1.57. The Hall–Kier alpha value is -2.03. The third kappa shape index (κ3) is 3.79. The van der Waals surface area contributed by atoms with E-state index < -0.39 is 0 Å². The predicted molar refractivity (Wildman–Crippen MR) is 89.7 cm³/mol. The number of hydrogen-bond acceptors (Lipinski definition) is 1. The minimum atomic E-state index is 0.738. The van der Waals surface area contributed by atoms with Gasteiger partial charge < -0.3 is 9.73 Å². The number of rotatable bonds is 5. The van der Waals surface area contributed by atoms with E-state index in [4.69, 9.17) is 16.0 Å². The molecule has 3 rings (SSSR count). The van der Waals surface area contributed by atoms with Crippen LogP contribution in [0.1, 0.15) is 16.9 Å². The number of halogens is 1. The number of nitrogens with two attached hydrogens (primary N) is 1. The van der Waals surface area contributed by atoms with E-state index in [1.165, 1.54) is 11.1 Å². The summed E-state index contributed by atoms with van der Waals surface area (Å²) >= 11 is 5.91. The van der Waals surface area contributed by atoms with E-state index in [1.54, 1.807) is 0 Å². The fraction of sp³-hybridized carbons (Fsp3) is 0.158. The van der Waals surface area contributed by atoms with Crippen LogP contribution in [0.25, 0.3) is 11.3 Å². The molecule has 3 heteroatoms. The second kappa shape index (κ2) is 6.82.